The maximum absolute atomic E-state index is 3.85. The van der Waals surface area contributed by atoms with Crippen LogP contribution in [0.5, 0.6) is 0 Å². The second-order valence-corrected chi connectivity index (χ2v) is 2.41. The van der Waals surface area contributed by atoms with E-state index in [1.54, 1.807) is 0 Å². The van der Waals surface area contributed by atoms with E-state index in [9.17, 15) is 0 Å². The van der Waals surface area contributed by atoms with Gasteiger partial charge in [-0.1, -0.05) is 20.4 Å². The average Bonchev–Trinajstić information content (AvgIpc) is 1.87. The summed E-state index contributed by atoms with van der Waals surface area (Å²) in [5, 5.41) is 3.28. The minimum Gasteiger partial charge on any atom is -0.386 e. The molecule has 0 heterocycles. The van der Waals surface area contributed by atoms with Gasteiger partial charge in [-0.25, -0.2) is 0 Å². The summed E-state index contributed by atoms with van der Waals surface area (Å²) in [5.74, 6) is 0. The lowest BCUT2D eigenvalue weighted by Gasteiger charge is -2.13. The van der Waals surface area contributed by atoms with E-state index in [0.29, 0.717) is 6.04 Å². The summed E-state index contributed by atoms with van der Waals surface area (Å²) < 4.78 is 0. The minimum absolute atomic E-state index is 0.581. The zero-order valence-electron chi connectivity index (χ0n) is 6.70. The van der Waals surface area contributed by atoms with E-state index in [4.69, 9.17) is 0 Å². The van der Waals surface area contributed by atoms with Gasteiger partial charge in [0.25, 0.3) is 0 Å². The number of rotatable bonds is 4. The maximum Gasteiger partial charge on any atom is 0.0227 e. The molecule has 0 bridgehead atoms. The first-order chi connectivity index (χ1) is 4.20. The van der Waals surface area contributed by atoms with Crippen molar-refractivity contribution in [3.63, 3.8) is 0 Å². The van der Waals surface area contributed by atoms with E-state index in [1.165, 1.54) is 6.42 Å². The average molecular weight is 127 g/mol. The molecule has 0 aromatic carbocycles. The summed E-state index contributed by atoms with van der Waals surface area (Å²) in [6.07, 6.45) is 2.20. The Bertz CT molecular complexity index is 86.6. The minimum atomic E-state index is 0.581. The van der Waals surface area contributed by atoms with Crippen LogP contribution < -0.4 is 5.32 Å². The van der Waals surface area contributed by atoms with Crippen LogP contribution in [-0.4, -0.2) is 6.04 Å². The van der Waals surface area contributed by atoms with Gasteiger partial charge < -0.3 is 5.32 Å². The lowest BCUT2D eigenvalue weighted by Crippen LogP contribution is -2.23. The van der Waals surface area contributed by atoms with Gasteiger partial charge in [0.2, 0.25) is 0 Å². The number of allylic oxidation sites excluding steroid dienone is 1. The summed E-state index contributed by atoms with van der Waals surface area (Å²) in [6.45, 7) is 10.3. The van der Waals surface area contributed by atoms with Crippen LogP contribution in [-0.2, 0) is 0 Å². The second kappa shape index (κ2) is 4.42. The van der Waals surface area contributed by atoms with Crippen LogP contribution in [0, 0.1) is 0 Å². The van der Waals surface area contributed by atoms with Crippen molar-refractivity contribution in [3.8, 4) is 0 Å². The Labute approximate surface area is 58.2 Å². The lowest BCUT2D eigenvalue weighted by molar-refractivity contribution is 0.585. The molecule has 0 aromatic heterocycles. The highest BCUT2D eigenvalue weighted by Gasteiger charge is 1.95. The molecule has 0 aromatic rings. The molecule has 1 heteroatoms. The molecule has 54 valence electrons. The van der Waals surface area contributed by atoms with E-state index in [2.05, 4.69) is 32.7 Å². The fraction of sp³-hybridized carbons (Fsp3) is 0.750. The maximum atomic E-state index is 3.85. The zero-order valence-corrected chi connectivity index (χ0v) is 6.70. The first kappa shape index (κ1) is 8.54. The summed E-state index contributed by atoms with van der Waals surface area (Å²) in [7, 11) is 0. The van der Waals surface area contributed by atoms with Crippen molar-refractivity contribution in [2.45, 2.75) is 39.7 Å². The van der Waals surface area contributed by atoms with E-state index in [0.717, 1.165) is 12.1 Å². The largest absolute Gasteiger partial charge is 0.386 e. The summed E-state index contributed by atoms with van der Waals surface area (Å²) in [4.78, 5) is 0. The third-order valence-electron chi connectivity index (χ3n) is 1.49. The standard InChI is InChI=1S/C8H17N/c1-5-7(3)9-8(4)6-2/h8-9H,3,5-6H2,1-2,4H3. The van der Waals surface area contributed by atoms with Crippen LogP contribution in [0.3, 0.4) is 0 Å². The fourth-order valence-electron chi connectivity index (χ4n) is 0.553. The van der Waals surface area contributed by atoms with Gasteiger partial charge in [0.1, 0.15) is 0 Å². The number of hydrogen-bond donors (Lipinski definition) is 1. The van der Waals surface area contributed by atoms with Crippen molar-refractivity contribution in [2.24, 2.45) is 0 Å². The van der Waals surface area contributed by atoms with Gasteiger partial charge in [-0.15, -0.1) is 0 Å². The number of nitrogens with one attached hydrogen (secondary N) is 1. The molecule has 0 amide bonds. The van der Waals surface area contributed by atoms with Crippen LogP contribution >= 0.6 is 0 Å². The van der Waals surface area contributed by atoms with Crippen LogP contribution in [0.2, 0.25) is 0 Å². The van der Waals surface area contributed by atoms with Gasteiger partial charge >= 0.3 is 0 Å². The smallest absolute Gasteiger partial charge is 0.0227 e. The van der Waals surface area contributed by atoms with Crippen molar-refractivity contribution >= 4 is 0 Å². The molecular formula is C8H17N. The molecule has 0 aliphatic carbocycles. The van der Waals surface area contributed by atoms with Gasteiger partial charge in [0.05, 0.1) is 0 Å². The topological polar surface area (TPSA) is 12.0 Å². The monoisotopic (exact) mass is 127 g/mol. The Morgan fingerprint density at radius 3 is 2.44 bits per heavy atom. The second-order valence-electron chi connectivity index (χ2n) is 2.41. The first-order valence-electron chi connectivity index (χ1n) is 3.65. The van der Waals surface area contributed by atoms with Crippen molar-refractivity contribution in [3.05, 3.63) is 12.3 Å². The van der Waals surface area contributed by atoms with Crippen LogP contribution in [0.1, 0.15) is 33.6 Å². The molecule has 0 aliphatic rings. The third kappa shape index (κ3) is 4.07. The Morgan fingerprint density at radius 1 is 1.56 bits per heavy atom. The highest BCUT2D eigenvalue weighted by Crippen LogP contribution is 1.95. The quantitative estimate of drug-likeness (QED) is 0.611. The van der Waals surface area contributed by atoms with Crippen LogP contribution in [0.15, 0.2) is 12.3 Å². The van der Waals surface area contributed by atoms with E-state index < -0.39 is 0 Å². The van der Waals surface area contributed by atoms with Crippen molar-refractivity contribution in [2.75, 3.05) is 0 Å². The Hall–Kier alpha value is -0.460. The van der Waals surface area contributed by atoms with Gasteiger partial charge in [0.15, 0.2) is 0 Å². The van der Waals surface area contributed by atoms with Gasteiger partial charge in [-0.3, -0.25) is 0 Å². The highest BCUT2D eigenvalue weighted by molar-refractivity contribution is 4.90. The molecule has 1 nitrogen and oxygen atoms in total. The summed E-state index contributed by atoms with van der Waals surface area (Å²) in [6, 6.07) is 0.581. The van der Waals surface area contributed by atoms with E-state index in [1.807, 2.05) is 0 Å². The van der Waals surface area contributed by atoms with Gasteiger partial charge in [-0.2, -0.15) is 0 Å². The SMILES string of the molecule is C=C(CC)NC(C)CC. The van der Waals surface area contributed by atoms with E-state index >= 15 is 0 Å². The molecule has 0 radical (unpaired) electrons. The molecule has 1 unspecified atom stereocenters. The van der Waals surface area contributed by atoms with Crippen molar-refractivity contribution in [1.82, 2.24) is 5.32 Å². The Kier molecular flexibility index (Phi) is 4.20. The van der Waals surface area contributed by atoms with Gasteiger partial charge in [-0.05, 0) is 19.8 Å². The molecule has 9 heavy (non-hydrogen) atoms. The third-order valence-corrected chi connectivity index (χ3v) is 1.49. The van der Waals surface area contributed by atoms with Gasteiger partial charge in [0, 0.05) is 11.7 Å². The summed E-state index contributed by atoms with van der Waals surface area (Å²) >= 11 is 0. The predicted molar refractivity (Wildman–Crippen MR) is 42.3 cm³/mol. The molecule has 0 aliphatic heterocycles. The van der Waals surface area contributed by atoms with Crippen molar-refractivity contribution < 1.29 is 0 Å². The lowest BCUT2D eigenvalue weighted by atomic mass is 10.2. The fourth-order valence-corrected chi connectivity index (χ4v) is 0.553. The molecular weight excluding hydrogens is 110 g/mol. The zero-order chi connectivity index (χ0) is 7.28. The molecule has 1 atom stereocenters. The molecule has 0 saturated carbocycles. The molecule has 0 rings (SSSR count). The van der Waals surface area contributed by atoms with E-state index in [-0.39, 0.29) is 0 Å². The molecule has 0 spiro atoms. The van der Waals surface area contributed by atoms with Crippen molar-refractivity contribution in [1.29, 1.82) is 0 Å². The predicted octanol–water partition coefficient (Wildman–Crippen LogP) is 2.30. The molecule has 0 saturated heterocycles. The highest BCUT2D eigenvalue weighted by atomic mass is 14.9. The molecule has 1 N–H and O–H groups in total. The van der Waals surface area contributed by atoms with Crippen LogP contribution in [0.25, 0.3) is 0 Å². The Balaban J connectivity index is 3.34. The first-order valence-corrected chi connectivity index (χ1v) is 3.65. The normalized spacial score (nSPS) is 12.8. The molecule has 0 fully saturated rings. The van der Waals surface area contributed by atoms with Crippen LogP contribution in [0.4, 0.5) is 0 Å². The number of hydrogen-bond acceptors (Lipinski definition) is 1. The Morgan fingerprint density at radius 2 is 2.11 bits per heavy atom. The summed E-state index contributed by atoms with van der Waals surface area (Å²) in [5.41, 5.74) is 1.14.